The molecule has 0 spiro atoms. The number of fused-ring (bicyclic) bond motifs is 14. The van der Waals surface area contributed by atoms with Gasteiger partial charge in [0, 0.05) is 65.2 Å². The second-order valence-corrected chi connectivity index (χ2v) is 16.0. The Morgan fingerprint density at radius 3 is 1.70 bits per heavy atom. The first-order valence-corrected chi connectivity index (χ1v) is 20.4. The van der Waals surface area contributed by atoms with Gasteiger partial charge in [-0.2, -0.15) is 0 Å². The number of furan rings is 1. The Morgan fingerprint density at radius 2 is 0.950 bits per heavy atom. The smallest absolute Gasteiger partial charge is 0.263 e. The summed E-state index contributed by atoms with van der Waals surface area (Å²) in [5.74, 6) is 0. The highest BCUT2D eigenvalue weighted by atomic mass is 16.3. The van der Waals surface area contributed by atoms with Crippen molar-refractivity contribution < 1.29 is 4.42 Å². The van der Waals surface area contributed by atoms with Gasteiger partial charge < -0.3 is 13.6 Å². The third-order valence-corrected chi connectivity index (χ3v) is 13.0. The molecule has 0 saturated carbocycles. The van der Waals surface area contributed by atoms with Gasteiger partial charge in [-0.3, -0.25) is 9.20 Å². The molecule has 0 amide bonds. The van der Waals surface area contributed by atoms with Gasteiger partial charge in [0.05, 0.1) is 33.1 Å². The van der Waals surface area contributed by atoms with Crippen LogP contribution in [0.25, 0.3) is 126 Å². The third-order valence-electron chi connectivity index (χ3n) is 13.0. The fourth-order valence-corrected chi connectivity index (χ4v) is 10.4. The number of aromatic nitrogens is 3. The van der Waals surface area contributed by atoms with Crippen LogP contribution in [0.1, 0.15) is 0 Å². The predicted molar refractivity (Wildman–Crippen MR) is 249 cm³/mol. The molecule has 0 aliphatic carbocycles. The highest BCUT2D eigenvalue weighted by molar-refractivity contribution is 6.22. The maximum absolute atomic E-state index is 14.0. The summed E-state index contributed by atoms with van der Waals surface area (Å²) >= 11 is 0. The van der Waals surface area contributed by atoms with Crippen molar-refractivity contribution in [3.05, 3.63) is 198 Å². The van der Waals surface area contributed by atoms with Crippen molar-refractivity contribution in [2.45, 2.75) is 0 Å². The number of hydrogen-bond acceptors (Lipinski definition) is 2. The second-order valence-electron chi connectivity index (χ2n) is 16.0. The number of hydrogen-bond donors (Lipinski definition) is 0. The lowest BCUT2D eigenvalue weighted by Crippen LogP contribution is -2.12. The molecular weight excluding hydrogens is 735 g/mol. The lowest BCUT2D eigenvalue weighted by atomic mass is 9.97. The van der Waals surface area contributed by atoms with E-state index >= 15 is 0 Å². The standard InChI is InChI=1S/C55H31N3O2/c59-55-41-17-5-4-14-36(41)39-19-10-20-40-42-28-32(24-26-48(42)58(55)54(39)40)35-18-11-23-52-53(35)45-29-34(25-27-51(45)60-52)57-47-22-9-7-16-38(47)44-30-49-43(31-50(44)57)37-15-6-8-21-46(37)56(49)33-12-2-1-3-13-33/h1-31H. The minimum atomic E-state index is 0.0141. The molecule has 0 saturated heterocycles. The van der Waals surface area contributed by atoms with Crippen LogP contribution in [0.15, 0.2) is 197 Å². The molecule has 5 aromatic heterocycles. The van der Waals surface area contributed by atoms with E-state index in [0.29, 0.717) is 0 Å². The van der Waals surface area contributed by atoms with Crippen LogP contribution in [0.4, 0.5) is 0 Å². The lowest BCUT2D eigenvalue weighted by molar-refractivity contribution is 0.669. The zero-order valence-electron chi connectivity index (χ0n) is 32.1. The van der Waals surface area contributed by atoms with Crippen LogP contribution in [-0.2, 0) is 0 Å². The number of rotatable bonds is 3. The molecule has 0 unspecified atom stereocenters. The second kappa shape index (κ2) is 11.5. The number of pyridine rings is 1. The number of para-hydroxylation sites is 4. The molecule has 5 heteroatoms. The molecule has 5 heterocycles. The number of benzene rings is 9. The minimum Gasteiger partial charge on any atom is -0.456 e. The molecule has 0 N–H and O–H groups in total. The van der Waals surface area contributed by atoms with Crippen molar-refractivity contribution in [3.8, 4) is 22.5 Å². The summed E-state index contributed by atoms with van der Waals surface area (Å²) in [4.78, 5) is 14.0. The van der Waals surface area contributed by atoms with Gasteiger partial charge in [0.15, 0.2) is 0 Å². The van der Waals surface area contributed by atoms with Crippen LogP contribution in [0.2, 0.25) is 0 Å². The van der Waals surface area contributed by atoms with Crippen LogP contribution in [0.3, 0.4) is 0 Å². The van der Waals surface area contributed by atoms with Crippen LogP contribution in [-0.4, -0.2) is 13.5 Å². The summed E-state index contributed by atoms with van der Waals surface area (Å²) in [5, 5.41) is 11.9. The summed E-state index contributed by atoms with van der Waals surface area (Å²) in [6.07, 6.45) is 0. The van der Waals surface area contributed by atoms with Crippen LogP contribution in [0.5, 0.6) is 0 Å². The van der Waals surface area contributed by atoms with E-state index in [9.17, 15) is 4.79 Å². The van der Waals surface area contributed by atoms with Crippen LogP contribution < -0.4 is 5.56 Å². The van der Waals surface area contributed by atoms with E-state index < -0.39 is 0 Å². The summed E-state index contributed by atoms with van der Waals surface area (Å²) in [6.45, 7) is 0. The van der Waals surface area contributed by atoms with E-state index in [1.807, 2.05) is 22.6 Å². The average molecular weight is 766 g/mol. The maximum Gasteiger partial charge on any atom is 0.263 e. The molecule has 278 valence electrons. The molecule has 14 rings (SSSR count). The van der Waals surface area contributed by atoms with E-state index in [4.69, 9.17) is 4.42 Å². The topological polar surface area (TPSA) is 44.5 Å². The number of nitrogens with zero attached hydrogens (tertiary/aromatic N) is 3. The van der Waals surface area contributed by atoms with Gasteiger partial charge in [0.1, 0.15) is 11.2 Å². The van der Waals surface area contributed by atoms with Crippen molar-refractivity contribution in [1.82, 2.24) is 13.5 Å². The Kier molecular flexibility index (Phi) is 6.11. The van der Waals surface area contributed by atoms with E-state index in [-0.39, 0.29) is 5.56 Å². The summed E-state index contributed by atoms with van der Waals surface area (Å²) in [6, 6.07) is 66.6. The van der Waals surface area contributed by atoms with Crippen molar-refractivity contribution in [2.75, 3.05) is 0 Å². The summed E-state index contributed by atoms with van der Waals surface area (Å²) in [7, 11) is 0. The van der Waals surface area contributed by atoms with E-state index in [1.54, 1.807) is 0 Å². The van der Waals surface area contributed by atoms with Crippen molar-refractivity contribution >= 4 is 104 Å². The first kappa shape index (κ1) is 31.9. The molecule has 0 fully saturated rings. The van der Waals surface area contributed by atoms with Gasteiger partial charge in [0.2, 0.25) is 0 Å². The van der Waals surface area contributed by atoms with Gasteiger partial charge in [-0.25, -0.2) is 0 Å². The Morgan fingerprint density at radius 1 is 0.350 bits per heavy atom. The molecule has 5 nitrogen and oxygen atoms in total. The van der Waals surface area contributed by atoms with E-state index in [0.717, 1.165) is 93.4 Å². The molecule has 0 aliphatic rings. The Labute approximate surface area is 341 Å². The maximum atomic E-state index is 14.0. The quantitative estimate of drug-likeness (QED) is 0.168. The van der Waals surface area contributed by atoms with E-state index in [1.165, 1.54) is 32.6 Å². The normalized spacial score (nSPS) is 12.4. The highest BCUT2D eigenvalue weighted by Gasteiger charge is 2.22. The molecule has 0 bridgehead atoms. The highest BCUT2D eigenvalue weighted by Crippen LogP contribution is 2.43. The minimum absolute atomic E-state index is 0.0141. The Bertz CT molecular complexity index is 4200. The van der Waals surface area contributed by atoms with Gasteiger partial charge >= 0.3 is 0 Å². The lowest BCUT2D eigenvalue weighted by Gasteiger charge is -2.10. The molecule has 0 atom stereocenters. The van der Waals surface area contributed by atoms with Crippen molar-refractivity contribution in [2.24, 2.45) is 0 Å². The van der Waals surface area contributed by atoms with Crippen LogP contribution >= 0.6 is 0 Å². The van der Waals surface area contributed by atoms with Crippen LogP contribution in [0, 0.1) is 0 Å². The fourth-order valence-electron chi connectivity index (χ4n) is 10.4. The third kappa shape index (κ3) is 4.08. The largest absolute Gasteiger partial charge is 0.456 e. The Balaban J connectivity index is 1.01. The Hall–Kier alpha value is -8.15. The zero-order chi connectivity index (χ0) is 39.2. The molecule has 0 radical (unpaired) electrons. The monoisotopic (exact) mass is 765 g/mol. The molecule has 0 aliphatic heterocycles. The average Bonchev–Trinajstić information content (AvgIpc) is 4.04. The molecule has 14 aromatic rings. The molecular formula is C55H31N3O2. The predicted octanol–water partition coefficient (Wildman–Crippen LogP) is 14.0. The van der Waals surface area contributed by atoms with Gasteiger partial charge in [-0.15, -0.1) is 0 Å². The van der Waals surface area contributed by atoms with Gasteiger partial charge in [-0.1, -0.05) is 109 Å². The van der Waals surface area contributed by atoms with E-state index in [2.05, 4.69) is 179 Å². The summed E-state index contributed by atoms with van der Waals surface area (Å²) < 4.78 is 13.3. The van der Waals surface area contributed by atoms with Gasteiger partial charge in [-0.05, 0) is 95.4 Å². The van der Waals surface area contributed by atoms with Crippen molar-refractivity contribution in [3.63, 3.8) is 0 Å². The first-order valence-electron chi connectivity index (χ1n) is 20.4. The molecule has 60 heavy (non-hydrogen) atoms. The zero-order valence-corrected chi connectivity index (χ0v) is 32.1. The summed E-state index contributed by atoms with van der Waals surface area (Å²) in [5.41, 5.74) is 12.6. The fraction of sp³-hybridized carbons (Fsp3) is 0. The first-order chi connectivity index (χ1) is 29.7. The molecule has 9 aromatic carbocycles. The van der Waals surface area contributed by atoms with Gasteiger partial charge in [0.25, 0.3) is 5.56 Å². The van der Waals surface area contributed by atoms with Crippen molar-refractivity contribution in [1.29, 1.82) is 0 Å². The SMILES string of the molecule is O=c1c2ccccc2c2cccc3c4cc(-c5cccc6oc7ccc(-n8c9ccccc9c9cc%10c(cc98)c8ccccc8n%10-c8ccccc8)cc7c56)ccc4n1c23.